The highest BCUT2D eigenvalue weighted by atomic mass is 16.5. The SMILES string of the molecule is COc1cc2cc[n+](C)c(CCCc3c4cc(OC)c(OC)cc4cc[n+]3C)c2cc1OC. The van der Waals surface area contributed by atoms with Gasteiger partial charge in [0.1, 0.15) is 14.1 Å². The van der Waals surface area contributed by atoms with Gasteiger partial charge in [0.05, 0.1) is 39.2 Å². The molecule has 4 rings (SSSR count). The largest absolute Gasteiger partial charge is 0.493 e. The lowest BCUT2D eigenvalue weighted by Gasteiger charge is -2.12. The lowest BCUT2D eigenvalue weighted by atomic mass is 10.0. The van der Waals surface area contributed by atoms with E-state index in [9.17, 15) is 0 Å². The van der Waals surface area contributed by atoms with Gasteiger partial charge in [-0.25, -0.2) is 9.13 Å². The molecule has 0 aliphatic carbocycles. The van der Waals surface area contributed by atoms with E-state index in [2.05, 4.69) is 59.9 Å². The average molecular weight is 449 g/mol. The second kappa shape index (κ2) is 9.53. The predicted molar refractivity (Wildman–Crippen MR) is 128 cm³/mol. The third kappa shape index (κ3) is 4.25. The van der Waals surface area contributed by atoms with E-state index in [0.29, 0.717) is 0 Å². The summed E-state index contributed by atoms with van der Waals surface area (Å²) in [6, 6.07) is 12.5. The quantitative estimate of drug-likeness (QED) is 0.384. The molecule has 0 saturated carbocycles. The molecule has 0 aliphatic rings. The molecular weight excluding hydrogens is 416 g/mol. The monoisotopic (exact) mass is 448 g/mol. The summed E-state index contributed by atoms with van der Waals surface area (Å²) < 4.78 is 26.5. The van der Waals surface area contributed by atoms with Crippen molar-refractivity contribution in [3.8, 4) is 23.0 Å². The standard InChI is InChI=1S/C27H32N2O4/c1-28-12-10-18-14-24(30-3)26(32-5)16-20(18)22(28)8-7-9-23-21-17-27(33-6)25(31-4)15-19(21)11-13-29(23)2/h10-17H,7-9H2,1-6H3/q+2. The van der Waals surface area contributed by atoms with Crippen LogP contribution in [0.25, 0.3) is 21.5 Å². The first-order valence-corrected chi connectivity index (χ1v) is 11.1. The van der Waals surface area contributed by atoms with Gasteiger partial charge in [-0.3, -0.25) is 0 Å². The maximum atomic E-state index is 5.56. The van der Waals surface area contributed by atoms with Crippen LogP contribution in [0.1, 0.15) is 17.8 Å². The molecule has 0 saturated heterocycles. The maximum Gasteiger partial charge on any atom is 0.189 e. The molecule has 0 unspecified atom stereocenters. The number of hydrogen-bond donors (Lipinski definition) is 0. The molecule has 6 nitrogen and oxygen atoms in total. The van der Waals surface area contributed by atoms with Gasteiger partial charge in [0.15, 0.2) is 46.8 Å². The molecule has 0 radical (unpaired) electrons. The molecular formula is C27H32N2O4+2. The molecule has 4 aromatic rings. The van der Waals surface area contributed by atoms with E-state index >= 15 is 0 Å². The Labute approximate surface area is 194 Å². The normalized spacial score (nSPS) is 11.1. The highest BCUT2D eigenvalue weighted by Gasteiger charge is 2.19. The summed E-state index contributed by atoms with van der Waals surface area (Å²) in [5.41, 5.74) is 2.55. The number of rotatable bonds is 8. The second-order valence-corrected chi connectivity index (χ2v) is 8.19. The summed E-state index contributed by atoms with van der Waals surface area (Å²) in [6.07, 6.45) is 7.10. The smallest absolute Gasteiger partial charge is 0.189 e. The molecule has 2 aromatic carbocycles. The van der Waals surface area contributed by atoms with E-state index in [1.807, 2.05) is 12.1 Å². The summed E-state index contributed by atoms with van der Waals surface area (Å²) in [4.78, 5) is 0. The molecule has 0 fully saturated rings. The minimum absolute atomic E-state index is 0.747. The summed E-state index contributed by atoms with van der Waals surface area (Å²) in [7, 11) is 10.9. The molecule has 0 spiro atoms. The Balaban J connectivity index is 1.67. The third-order valence-corrected chi connectivity index (χ3v) is 6.37. The van der Waals surface area contributed by atoms with Crippen LogP contribution in [-0.2, 0) is 26.9 Å². The van der Waals surface area contributed by atoms with Crippen LogP contribution in [0.3, 0.4) is 0 Å². The Bertz CT molecular complexity index is 1220. The number of aryl methyl sites for hydroxylation is 4. The first-order valence-electron chi connectivity index (χ1n) is 11.1. The molecule has 2 aromatic heterocycles. The Kier molecular flexibility index (Phi) is 6.54. The third-order valence-electron chi connectivity index (χ3n) is 6.37. The van der Waals surface area contributed by atoms with Gasteiger partial charge in [0.2, 0.25) is 0 Å². The van der Waals surface area contributed by atoms with Crippen LogP contribution >= 0.6 is 0 Å². The number of fused-ring (bicyclic) bond motifs is 2. The Morgan fingerprint density at radius 3 is 1.30 bits per heavy atom. The molecule has 0 amide bonds. The molecule has 0 aliphatic heterocycles. The van der Waals surface area contributed by atoms with Crippen LogP contribution in [0.4, 0.5) is 0 Å². The summed E-state index contributed by atoms with van der Waals surface area (Å²) in [6.45, 7) is 0. The predicted octanol–water partition coefficient (Wildman–Crippen LogP) is 3.85. The fourth-order valence-electron chi connectivity index (χ4n) is 4.55. The topological polar surface area (TPSA) is 44.7 Å². The Hall–Kier alpha value is -3.54. The molecule has 6 heteroatoms. The van der Waals surface area contributed by atoms with Gasteiger partial charge in [-0.05, 0) is 41.5 Å². The van der Waals surface area contributed by atoms with Gasteiger partial charge in [0.25, 0.3) is 0 Å². The van der Waals surface area contributed by atoms with Crippen molar-refractivity contribution < 1.29 is 28.1 Å². The van der Waals surface area contributed by atoms with Crippen molar-refractivity contribution in [2.24, 2.45) is 14.1 Å². The molecule has 0 bridgehead atoms. The summed E-state index contributed by atoms with van der Waals surface area (Å²) in [5.74, 6) is 2.99. The van der Waals surface area contributed by atoms with Crippen LogP contribution < -0.4 is 28.1 Å². The van der Waals surface area contributed by atoms with Gasteiger partial charge in [-0.15, -0.1) is 0 Å². The Morgan fingerprint density at radius 1 is 0.576 bits per heavy atom. The zero-order valence-corrected chi connectivity index (χ0v) is 20.3. The fourth-order valence-corrected chi connectivity index (χ4v) is 4.55. The lowest BCUT2D eigenvalue weighted by Crippen LogP contribution is -2.35. The minimum Gasteiger partial charge on any atom is -0.493 e. The van der Waals surface area contributed by atoms with Crippen LogP contribution in [0, 0.1) is 0 Å². The number of aromatic nitrogens is 2. The second-order valence-electron chi connectivity index (χ2n) is 8.19. The Morgan fingerprint density at radius 2 is 0.939 bits per heavy atom. The lowest BCUT2D eigenvalue weighted by molar-refractivity contribution is -0.679. The van der Waals surface area contributed by atoms with Crippen molar-refractivity contribution in [2.75, 3.05) is 28.4 Å². The van der Waals surface area contributed by atoms with Crippen molar-refractivity contribution in [3.63, 3.8) is 0 Å². The van der Waals surface area contributed by atoms with Crippen molar-refractivity contribution in [1.82, 2.24) is 0 Å². The van der Waals surface area contributed by atoms with E-state index in [1.165, 1.54) is 22.2 Å². The van der Waals surface area contributed by atoms with Crippen molar-refractivity contribution >= 4 is 21.5 Å². The van der Waals surface area contributed by atoms with Crippen molar-refractivity contribution in [2.45, 2.75) is 19.3 Å². The van der Waals surface area contributed by atoms with E-state index in [0.717, 1.165) is 53.0 Å². The number of hydrogen-bond acceptors (Lipinski definition) is 4. The number of pyridine rings is 2. The first-order chi connectivity index (χ1) is 16.0. The highest BCUT2D eigenvalue weighted by molar-refractivity contribution is 5.88. The molecule has 33 heavy (non-hydrogen) atoms. The number of ether oxygens (including phenoxy) is 4. The fraction of sp³-hybridized carbons (Fsp3) is 0.333. The molecule has 0 atom stereocenters. The van der Waals surface area contributed by atoms with E-state index in [4.69, 9.17) is 18.9 Å². The van der Waals surface area contributed by atoms with Gasteiger partial charge in [0, 0.05) is 25.0 Å². The van der Waals surface area contributed by atoms with Crippen LogP contribution in [0.5, 0.6) is 23.0 Å². The van der Waals surface area contributed by atoms with E-state index < -0.39 is 0 Å². The van der Waals surface area contributed by atoms with E-state index in [-0.39, 0.29) is 0 Å². The summed E-state index contributed by atoms with van der Waals surface area (Å²) in [5, 5.41) is 4.67. The number of methoxy groups -OCH3 is 4. The summed E-state index contributed by atoms with van der Waals surface area (Å²) >= 11 is 0. The zero-order chi connectivity index (χ0) is 23.5. The van der Waals surface area contributed by atoms with Gasteiger partial charge < -0.3 is 18.9 Å². The van der Waals surface area contributed by atoms with Gasteiger partial charge in [-0.2, -0.15) is 0 Å². The maximum absolute atomic E-state index is 5.56. The number of benzene rings is 2. The van der Waals surface area contributed by atoms with Gasteiger partial charge in [-0.1, -0.05) is 0 Å². The van der Waals surface area contributed by atoms with Crippen molar-refractivity contribution in [1.29, 1.82) is 0 Å². The number of nitrogens with zero attached hydrogens (tertiary/aromatic N) is 2. The molecule has 2 heterocycles. The van der Waals surface area contributed by atoms with Crippen LogP contribution in [0.2, 0.25) is 0 Å². The highest BCUT2D eigenvalue weighted by Crippen LogP contribution is 2.34. The van der Waals surface area contributed by atoms with Crippen LogP contribution in [-0.4, -0.2) is 28.4 Å². The molecule has 172 valence electrons. The van der Waals surface area contributed by atoms with Crippen molar-refractivity contribution in [3.05, 3.63) is 60.2 Å². The zero-order valence-electron chi connectivity index (χ0n) is 20.3. The average Bonchev–Trinajstić information content (AvgIpc) is 2.84. The van der Waals surface area contributed by atoms with E-state index in [1.54, 1.807) is 28.4 Å². The minimum atomic E-state index is 0.747. The first kappa shape index (κ1) is 22.6. The van der Waals surface area contributed by atoms with Gasteiger partial charge >= 0.3 is 0 Å². The molecule has 0 N–H and O–H groups in total. The van der Waals surface area contributed by atoms with Crippen LogP contribution in [0.15, 0.2) is 48.8 Å².